The van der Waals surface area contributed by atoms with E-state index in [1.54, 1.807) is 31.6 Å². The highest BCUT2D eigenvalue weighted by Crippen LogP contribution is 2.32. The SMILES string of the molecule is CC(C)n1cc(C(=O)Nc2ccc(Oc3cc(-c4cscn4)cnc3CC=N)c(F)c2)c(=O)n(-c2ccc(F)cc2)c1=O. The minimum Gasteiger partial charge on any atom is -0.452 e. The Morgan fingerprint density at radius 3 is 2.51 bits per heavy atom. The number of rotatable bonds is 9. The van der Waals surface area contributed by atoms with Crippen LogP contribution < -0.4 is 21.3 Å². The molecule has 0 unspecified atom stereocenters. The first-order valence-electron chi connectivity index (χ1n) is 13.0. The van der Waals surface area contributed by atoms with E-state index in [0.717, 1.165) is 35.2 Å². The van der Waals surface area contributed by atoms with Gasteiger partial charge in [-0.15, -0.1) is 11.3 Å². The number of halogens is 2. The molecule has 0 bridgehead atoms. The number of benzene rings is 2. The molecule has 0 radical (unpaired) electrons. The van der Waals surface area contributed by atoms with Crippen molar-refractivity contribution in [3.05, 3.63) is 116 Å². The lowest BCUT2D eigenvalue weighted by atomic mass is 10.1. The van der Waals surface area contributed by atoms with Crippen molar-refractivity contribution in [2.75, 3.05) is 5.32 Å². The second kappa shape index (κ2) is 12.3. The average Bonchev–Trinajstić information content (AvgIpc) is 3.51. The summed E-state index contributed by atoms with van der Waals surface area (Å²) in [4.78, 5) is 48.1. The molecule has 2 N–H and O–H groups in total. The van der Waals surface area contributed by atoms with Gasteiger partial charge in [0.25, 0.3) is 11.5 Å². The van der Waals surface area contributed by atoms with Crippen LogP contribution in [0.4, 0.5) is 14.5 Å². The molecule has 2 aromatic carbocycles. The van der Waals surface area contributed by atoms with Crippen molar-refractivity contribution in [2.45, 2.75) is 26.3 Å². The van der Waals surface area contributed by atoms with E-state index in [-0.39, 0.29) is 34.9 Å². The van der Waals surface area contributed by atoms with Crippen LogP contribution in [0.15, 0.2) is 81.4 Å². The number of hydrogen-bond donors (Lipinski definition) is 2. The van der Waals surface area contributed by atoms with Crippen molar-refractivity contribution in [2.24, 2.45) is 0 Å². The fraction of sp³-hybridized carbons (Fsp3) is 0.133. The Balaban J connectivity index is 1.44. The molecule has 43 heavy (non-hydrogen) atoms. The smallest absolute Gasteiger partial charge is 0.335 e. The number of carbonyl (C=O) groups is 1. The van der Waals surface area contributed by atoms with E-state index in [1.807, 2.05) is 5.38 Å². The molecule has 3 heterocycles. The summed E-state index contributed by atoms with van der Waals surface area (Å²) in [6.45, 7) is 3.40. The van der Waals surface area contributed by atoms with Crippen molar-refractivity contribution in [3.63, 3.8) is 0 Å². The minimum atomic E-state index is -0.919. The summed E-state index contributed by atoms with van der Waals surface area (Å²) in [6.07, 6.45) is 4.06. The predicted octanol–water partition coefficient (Wildman–Crippen LogP) is 5.61. The van der Waals surface area contributed by atoms with Gasteiger partial charge in [-0.05, 0) is 56.3 Å². The minimum absolute atomic E-state index is 0.0268. The number of ether oxygens (including phenoxy) is 1. The largest absolute Gasteiger partial charge is 0.452 e. The van der Waals surface area contributed by atoms with Gasteiger partial charge in [-0.2, -0.15) is 0 Å². The number of nitrogens with one attached hydrogen (secondary N) is 2. The zero-order chi connectivity index (χ0) is 30.7. The Morgan fingerprint density at radius 2 is 1.86 bits per heavy atom. The summed E-state index contributed by atoms with van der Waals surface area (Å²) < 4.78 is 36.5. The molecule has 0 atom stereocenters. The molecule has 0 saturated heterocycles. The molecule has 0 aliphatic carbocycles. The number of pyridine rings is 1. The summed E-state index contributed by atoms with van der Waals surface area (Å²) >= 11 is 1.41. The second-order valence-electron chi connectivity index (χ2n) is 9.60. The van der Waals surface area contributed by atoms with Crippen LogP contribution in [0, 0.1) is 17.0 Å². The molecule has 5 rings (SSSR count). The highest BCUT2D eigenvalue weighted by molar-refractivity contribution is 7.07. The average molecular weight is 603 g/mol. The molecule has 0 aliphatic heterocycles. The van der Waals surface area contributed by atoms with E-state index < -0.39 is 34.8 Å². The number of thiazole rings is 1. The van der Waals surface area contributed by atoms with Gasteiger partial charge in [-0.3, -0.25) is 19.1 Å². The Morgan fingerprint density at radius 1 is 1.09 bits per heavy atom. The van der Waals surface area contributed by atoms with Gasteiger partial charge in [0.15, 0.2) is 11.6 Å². The second-order valence-corrected chi connectivity index (χ2v) is 10.3. The molecule has 3 aromatic heterocycles. The predicted molar refractivity (Wildman–Crippen MR) is 159 cm³/mol. The maximum atomic E-state index is 15.2. The third-order valence-electron chi connectivity index (χ3n) is 6.36. The molecule has 0 spiro atoms. The first-order chi connectivity index (χ1) is 20.7. The molecular weight excluding hydrogens is 578 g/mol. The van der Waals surface area contributed by atoms with Crippen LogP contribution in [-0.4, -0.2) is 31.2 Å². The van der Waals surface area contributed by atoms with Crippen molar-refractivity contribution >= 4 is 29.1 Å². The van der Waals surface area contributed by atoms with Gasteiger partial charge in [0.2, 0.25) is 0 Å². The topological polar surface area (TPSA) is 132 Å². The van der Waals surface area contributed by atoms with Crippen molar-refractivity contribution in [1.29, 1.82) is 5.41 Å². The van der Waals surface area contributed by atoms with E-state index >= 15 is 4.39 Å². The molecule has 0 fully saturated rings. The molecule has 0 aliphatic rings. The lowest BCUT2D eigenvalue weighted by Gasteiger charge is -2.16. The first-order valence-corrected chi connectivity index (χ1v) is 13.9. The molecular formula is C30H24F2N6O4S. The van der Waals surface area contributed by atoms with Crippen LogP contribution in [0.5, 0.6) is 11.5 Å². The van der Waals surface area contributed by atoms with Gasteiger partial charge >= 0.3 is 5.69 Å². The van der Waals surface area contributed by atoms with Gasteiger partial charge in [-0.25, -0.2) is 23.1 Å². The number of amides is 1. The first kappa shape index (κ1) is 29.2. The van der Waals surface area contributed by atoms with E-state index in [4.69, 9.17) is 10.1 Å². The fourth-order valence-corrected chi connectivity index (χ4v) is 4.76. The van der Waals surface area contributed by atoms with Crippen LogP contribution in [0.1, 0.15) is 35.9 Å². The quantitative estimate of drug-likeness (QED) is 0.211. The number of aromatic nitrogens is 4. The summed E-state index contributed by atoms with van der Waals surface area (Å²) in [6, 6.07) is 9.68. The van der Waals surface area contributed by atoms with E-state index in [0.29, 0.717) is 17.0 Å². The van der Waals surface area contributed by atoms with Crippen LogP contribution >= 0.6 is 11.3 Å². The van der Waals surface area contributed by atoms with Crippen LogP contribution in [0.25, 0.3) is 16.9 Å². The van der Waals surface area contributed by atoms with E-state index in [2.05, 4.69) is 15.3 Å². The third-order valence-corrected chi connectivity index (χ3v) is 6.95. The summed E-state index contributed by atoms with van der Waals surface area (Å²) in [5, 5.41) is 11.8. The Labute approximate surface area is 247 Å². The van der Waals surface area contributed by atoms with Gasteiger partial charge in [-0.1, -0.05) is 0 Å². The van der Waals surface area contributed by atoms with Gasteiger partial charge in [0, 0.05) is 53.8 Å². The van der Waals surface area contributed by atoms with Crippen molar-refractivity contribution < 1.29 is 18.3 Å². The van der Waals surface area contributed by atoms with Gasteiger partial charge < -0.3 is 15.5 Å². The standard InChI is InChI=1S/C30H24F2N6O4S/c1-17(2)37-14-22(29(40)38(30(37)41)21-6-3-19(31)4-7-21)28(39)36-20-5-8-26(23(32)12-20)42-27-11-18(25-15-43-16-35-25)13-34-24(27)9-10-33/h3-8,10-17,33H,9H2,1-2H3,(H,36,39). The van der Waals surface area contributed by atoms with Crippen LogP contribution in [0.3, 0.4) is 0 Å². The Kier molecular flexibility index (Phi) is 8.34. The number of hydrogen-bond acceptors (Lipinski definition) is 8. The number of nitrogens with zero attached hydrogens (tertiary/aromatic N) is 4. The number of anilines is 1. The lowest BCUT2D eigenvalue weighted by Crippen LogP contribution is -2.42. The lowest BCUT2D eigenvalue weighted by molar-refractivity contribution is 0.102. The monoisotopic (exact) mass is 602 g/mol. The highest BCUT2D eigenvalue weighted by Gasteiger charge is 2.21. The zero-order valence-corrected chi connectivity index (χ0v) is 23.7. The van der Waals surface area contributed by atoms with E-state index in [9.17, 15) is 18.8 Å². The molecule has 0 saturated carbocycles. The maximum Gasteiger partial charge on any atom is 0.335 e. The maximum absolute atomic E-state index is 15.2. The summed E-state index contributed by atoms with van der Waals surface area (Å²) in [7, 11) is 0. The fourth-order valence-electron chi connectivity index (χ4n) is 4.20. The van der Waals surface area contributed by atoms with Crippen LogP contribution in [-0.2, 0) is 6.42 Å². The van der Waals surface area contributed by atoms with Crippen molar-refractivity contribution in [1.82, 2.24) is 19.1 Å². The van der Waals surface area contributed by atoms with E-state index in [1.165, 1.54) is 40.2 Å². The highest BCUT2D eigenvalue weighted by atomic mass is 32.1. The molecule has 10 nitrogen and oxygen atoms in total. The number of carbonyl (C=O) groups excluding carboxylic acids is 1. The Hall–Kier alpha value is -5.30. The van der Waals surface area contributed by atoms with Gasteiger partial charge in [0.05, 0.1) is 22.6 Å². The Bertz CT molecular complexity index is 1940. The molecule has 218 valence electrons. The molecule has 5 aromatic rings. The zero-order valence-electron chi connectivity index (χ0n) is 22.9. The molecule has 1 amide bonds. The summed E-state index contributed by atoms with van der Waals surface area (Å²) in [5.41, 5.74) is 1.53. The van der Waals surface area contributed by atoms with Gasteiger partial charge in [0.1, 0.15) is 17.1 Å². The molecule has 13 heteroatoms. The van der Waals surface area contributed by atoms with Crippen molar-refractivity contribution in [3.8, 4) is 28.4 Å². The van der Waals surface area contributed by atoms with Crippen LogP contribution in [0.2, 0.25) is 0 Å². The third kappa shape index (κ3) is 6.16. The normalized spacial score (nSPS) is 11.0. The summed E-state index contributed by atoms with van der Waals surface area (Å²) in [5.74, 6) is -2.17.